The summed E-state index contributed by atoms with van der Waals surface area (Å²) in [6.45, 7) is 0.982. The van der Waals surface area contributed by atoms with E-state index in [0.717, 1.165) is 44.1 Å². The lowest BCUT2D eigenvalue weighted by Gasteiger charge is -2.35. The van der Waals surface area contributed by atoms with E-state index in [4.69, 9.17) is 5.73 Å². The van der Waals surface area contributed by atoms with Crippen molar-refractivity contribution >= 4 is 21.5 Å². The molecule has 21 heavy (non-hydrogen) atoms. The Morgan fingerprint density at radius 3 is 3.00 bits per heavy atom. The van der Waals surface area contributed by atoms with Gasteiger partial charge in [0.2, 0.25) is 0 Å². The van der Waals surface area contributed by atoms with Gasteiger partial charge in [-0.05, 0) is 49.1 Å². The van der Waals surface area contributed by atoms with Crippen LogP contribution in [0.5, 0.6) is 0 Å². The van der Waals surface area contributed by atoms with E-state index in [0.29, 0.717) is 13.1 Å². The Bertz CT molecular complexity index is 585. The van der Waals surface area contributed by atoms with Crippen LogP contribution < -0.4 is 10.5 Å². The van der Waals surface area contributed by atoms with Gasteiger partial charge >= 0.3 is 0 Å². The molecular weight excluding hydrogens is 306 g/mol. The van der Waals surface area contributed by atoms with Gasteiger partial charge < -0.3 is 5.73 Å². The molecule has 0 spiro atoms. The second-order valence-corrected chi connectivity index (χ2v) is 8.52. The first-order chi connectivity index (χ1) is 10.1. The Balaban J connectivity index is 1.78. The van der Waals surface area contributed by atoms with Gasteiger partial charge in [-0.1, -0.05) is 6.42 Å². The second kappa shape index (κ2) is 6.34. The van der Waals surface area contributed by atoms with E-state index >= 15 is 0 Å². The fraction of sp³-hybridized carbons (Fsp3) is 0.714. The van der Waals surface area contributed by atoms with Crippen molar-refractivity contribution in [2.75, 3.05) is 13.1 Å². The highest BCUT2D eigenvalue weighted by molar-refractivity contribution is 7.87. The van der Waals surface area contributed by atoms with E-state index in [2.05, 4.69) is 16.2 Å². The fourth-order valence-electron chi connectivity index (χ4n) is 3.38. The quantitative estimate of drug-likeness (QED) is 0.884. The minimum Gasteiger partial charge on any atom is -0.329 e. The summed E-state index contributed by atoms with van der Waals surface area (Å²) >= 11 is 1.73. The summed E-state index contributed by atoms with van der Waals surface area (Å²) in [5.41, 5.74) is 6.91. The van der Waals surface area contributed by atoms with E-state index in [1.165, 1.54) is 4.88 Å². The molecule has 1 fully saturated rings. The average molecular weight is 329 g/mol. The molecule has 2 aliphatic rings. The van der Waals surface area contributed by atoms with E-state index in [1.54, 1.807) is 15.6 Å². The Morgan fingerprint density at radius 2 is 2.19 bits per heavy atom. The highest BCUT2D eigenvalue weighted by atomic mass is 32.2. The summed E-state index contributed by atoms with van der Waals surface area (Å²) in [5.74, 6) is 0. The van der Waals surface area contributed by atoms with Gasteiger partial charge in [0.25, 0.3) is 10.2 Å². The molecule has 0 saturated carbocycles. The van der Waals surface area contributed by atoms with Crippen molar-refractivity contribution in [2.45, 2.75) is 50.6 Å². The number of nitrogens with one attached hydrogen (secondary N) is 1. The Morgan fingerprint density at radius 1 is 1.33 bits per heavy atom. The first-order valence-electron chi connectivity index (χ1n) is 7.67. The van der Waals surface area contributed by atoms with Crippen LogP contribution in [0, 0.1) is 0 Å². The zero-order valence-electron chi connectivity index (χ0n) is 12.1. The molecule has 118 valence electrons. The van der Waals surface area contributed by atoms with Crippen LogP contribution in [0.15, 0.2) is 11.4 Å². The smallest absolute Gasteiger partial charge is 0.280 e. The lowest BCUT2D eigenvalue weighted by atomic mass is 9.95. The van der Waals surface area contributed by atoms with Gasteiger partial charge in [0.1, 0.15) is 0 Å². The van der Waals surface area contributed by atoms with Gasteiger partial charge in [-0.15, -0.1) is 11.3 Å². The average Bonchev–Trinajstić information content (AvgIpc) is 2.96. The first-order valence-corrected chi connectivity index (χ1v) is 9.99. The number of fused-ring (bicyclic) bond motifs is 1. The molecule has 0 amide bonds. The third-order valence-corrected chi connectivity index (χ3v) is 7.17. The highest BCUT2D eigenvalue weighted by Gasteiger charge is 2.34. The molecule has 0 aromatic carbocycles. The zero-order valence-corrected chi connectivity index (χ0v) is 13.8. The highest BCUT2D eigenvalue weighted by Crippen LogP contribution is 2.34. The minimum absolute atomic E-state index is 0.0539. The summed E-state index contributed by atoms with van der Waals surface area (Å²) in [6, 6.07) is 1.93. The Labute approximate surface area is 130 Å². The van der Waals surface area contributed by atoms with Crippen molar-refractivity contribution in [3.05, 3.63) is 21.9 Å². The maximum absolute atomic E-state index is 12.7. The monoisotopic (exact) mass is 329 g/mol. The van der Waals surface area contributed by atoms with Gasteiger partial charge in [-0.3, -0.25) is 0 Å². The van der Waals surface area contributed by atoms with Crippen molar-refractivity contribution in [3.63, 3.8) is 0 Å². The summed E-state index contributed by atoms with van der Waals surface area (Å²) in [6.07, 6.45) is 5.84. The van der Waals surface area contributed by atoms with Crippen LogP contribution in [0.4, 0.5) is 0 Å². The number of hydrogen-bond acceptors (Lipinski definition) is 4. The molecule has 3 N–H and O–H groups in total. The number of nitrogens with two attached hydrogens (primary N) is 1. The van der Waals surface area contributed by atoms with E-state index in [1.807, 2.05) is 0 Å². The number of hydrogen-bond donors (Lipinski definition) is 2. The van der Waals surface area contributed by atoms with Gasteiger partial charge in [0, 0.05) is 30.1 Å². The summed E-state index contributed by atoms with van der Waals surface area (Å²) < 4.78 is 29.9. The lowest BCUT2D eigenvalue weighted by molar-refractivity contribution is 0.252. The number of thiophene rings is 1. The van der Waals surface area contributed by atoms with Crippen molar-refractivity contribution in [2.24, 2.45) is 5.73 Å². The molecule has 0 bridgehead atoms. The normalized spacial score (nSPS) is 27.5. The van der Waals surface area contributed by atoms with Crippen molar-refractivity contribution in [1.82, 2.24) is 9.03 Å². The molecule has 1 aromatic heterocycles. The van der Waals surface area contributed by atoms with Gasteiger partial charge in [0.15, 0.2) is 0 Å². The molecule has 0 radical (unpaired) electrons. The topological polar surface area (TPSA) is 75.4 Å². The maximum Gasteiger partial charge on any atom is 0.280 e. The minimum atomic E-state index is -3.46. The van der Waals surface area contributed by atoms with Crippen LogP contribution in [0.1, 0.15) is 48.6 Å². The van der Waals surface area contributed by atoms with Gasteiger partial charge in [-0.25, -0.2) is 0 Å². The van der Waals surface area contributed by atoms with Crippen LogP contribution in [0.3, 0.4) is 0 Å². The molecule has 2 unspecified atom stereocenters. The molecular formula is C14H23N3O2S2. The van der Waals surface area contributed by atoms with Crippen molar-refractivity contribution in [3.8, 4) is 0 Å². The molecule has 2 heterocycles. The Hall–Kier alpha value is -0.470. The van der Waals surface area contributed by atoms with Crippen molar-refractivity contribution in [1.29, 1.82) is 0 Å². The molecule has 3 rings (SSSR count). The summed E-state index contributed by atoms with van der Waals surface area (Å²) in [4.78, 5) is 1.32. The maximum atomic E-state index is 12.7. The molecule has 2 atom stereocenters. The second-order valence-electron chi connectivity index (χ2n) is 5.86. The zero-order chi connectivity index (χ0) is 14.9. The van der Waals surface area contributed by atoms with Crippen LogP contribution >= 0.6 is 11.3 Å². The third-order valence-electron chi connectivity index (χ3n) is 4.50. The SMILES string of the molecule is NCC1CCCCN1S(=O)(=O)NC1CCCc2sccc21. The van der Waals surface area contributed by atoms with Crippen LogP contribution in [0.25, 0.3) is 0 Å². The van der Waals surface area contributed by atoms with Crippen LogP contribution in [-0.2, 0) is 16.6 Å². The van der Waals surface area contributed by atoms with Gasteiger partial charge in [0.05, 0.1) is 0 Å². The largest absolute Gasteiger partial charge is 0.329 e. The van der Waals surface area contributed by atoms with E-state index in [9.17, 15) is 8.42 Å². The molecule has 1 aliphatic carbocycles. The standard InChI is InChI=1S/C14H23N3O2S2/c15-10-11-4-1-2-8-17(11)21(18,19)16-13-5-3-6-14-12(13)7-9-20-14/h7,9,11,13,16H,1-6,8,10,15H2. The number of piperidine rings is 1. The third kappa shape index (κ3) is 3.17. The lowest BCUT2D eigenvalue weighted by Crippen LogP contribution is -2.52. The fourth-order valence-corrected chi connectivity index (χ4v) is 6.06. The summed E-state index contributed by atoms with van der Waals surface area (Å²) in [5, 5.41) is 2.06. The van der Waals surface area contributed by atoms with Crippen LogP contribution in [-0.4, -0.2) is 31.9 Å². The van der Waals surface area contributed by atoms with Crippen LogP contribution in [0.2, 0.25) is 0 Å². The number of aryl methyl sites for hydroxylation is 1. The van der Waals surface area contributed by atoms with Crippen molar-refractivity contribution < 1.29 is 8.42 Å². The predicted molar refractivity (Wildman–Crippen MR) is 85.5 cm³/mol. The first kappa shape index (κ1) is 15.4. The molecule has 5 nitrogen and oxygen atoms in total. The molecule has 1 saturated heterocycles. The molecule has 1 aromatic rings. The predicted octanol–water partition coefficient (Wildman–Crippen LogP) is 1.77. The van der Waals surface area contributed by atoms with E-state index in [-0.39, 0.29) is 12.1 Å². The summed E-state index contributed by atoms with van der Waals surface area (Å²) in [7, 11) is -3.46. The van der Waals surface area contributed by atoms with Gasteiger partial charge in [-0.2, -0.15) is 17.4 Å². The van der Waals surface area contributed by atoms with E-state index < -0.39 is 10.2 Å². The number of rotatable bonds is 4. The molecule has 1 aliphatic heterocycles. The number of nitrogens with zero attached hydrogens (tertiary/aromatic N) is 1. The Kier molecular flexibility index (Phi) is 4.66. The molecule has 7 heteroatoms.